The second-order valence-electron chi connectivity index (χ2n) is 6.37. The molecule has 0 radical (unpaired) electrons. The Morgan fingerprint density at radius 3 is 2.54 bits per heavy atom. The van der Waals surface area contributed by atoms with E-state index < -0.39 is 0 Å². The number of nitrogens with zero attached hydrogens (tertiary/aromatic N) is 3. The molecule has 0 saturated heterocycles. The number of halogens is 1. The maximum Gasteiger partial charge on any atom is 0.226 e. The summed E-state index contributed by atoms with van der Waals surface area (Å²) in [5.41, 5.74) is 3.59. The van der Waals surface area contributed by atoms with Gasteiger partial charge in [-0.25, -0.2) is 0 Å². The standard InChI is InChI=1S/C22H20ClN3O2/c1-3-22(28)26(2)20-9-7-16(12-18(20)23)19-8-6-17(14-25-19)21(27)11-15-5-4-10-24-13-15/h4-10,12-14H,3,11H2,1-2H3. The molecule has 0 saturated carbocycles. The molecule has 0 aliphatic carbocycles. The molecule has 1 aromatic carbocycles. The van der Waals surface area contributed by atoms with Crippen LogP contribution in [0.15, 0.2) is 61.1 Å². The van der Waals surface area contributed by atoms with Crippen molar-refractivity contribution in [3.05, 3.63) is 77.2 Å². The molecule has 1 amide bonds. The molecule has 0 unspecified atom stereocenters. The molecule has 0 aliphatic rings. The zero-order valence-electron chi connectivity index (χ0n) is 15.7. The van der Waals surface area contributed by atoms with Crippen molar-refractivity contribution in [2.24, 2.45) is 0 Å². The van der Waals surface area contributed by atoms with E-state index in [2.05, 4.69) is 9.97 Å². The van der Waals surface area contributed by atoms with Crippen LogP contribution < -0.4 is 4.90 Å². The molecule has 5 nitrogen and oxygen atoms in total. The summed E-state index contributed by atoms with van der Waals surface area (Å²) in [7, 11) is 1.70. The normalized spacial score (nSPS) is 10.5. The molecule has 0 aliphatic heterocycles. The number of hydrogen-bond donors (Lipinski definition) is 0. The molecule has 3 rings (SSSR count). The number of pyridine rings is 2. The molecular formula is C22H20ClN3O2. The second kappa shape index (κ2) is 8.76. The van der Waals surface area contributed by atoms with Gasteiger partial charge in [0.25, 0.3) is 0 Å². The monoisotopic (exact) mass is 393 g/mol. The summed E-state index contributed by atoms with van der Waals surface area (Å²) in [6.07, 6.45) is 5.63. The Bertz CT molecular complexity index is 988. The fourth-order valence-corrected chi connectivity index (χ4v) is 3.14. The Labute approximate surface area is 169 Å². The highest BCUT2D eigenvalue weighted by Crippen LogP contribution is 2.30. The molecule has 0 bridgehead atoms. The summed E-state index contributed by atoms with van der Waals surface area (Å²) in [5.74, 6) is -0.0237. The minimum absolute atomic E-state index is 0.00995. The van der Waals surface area contributed by atoms with Crippen LogP contribution in [0.3, 0.4) is 0 Å². The van der Waals surface area contributed by atoms with E-state index in [1.165, 1.54) is 0 Å². The Kier molecular flexibility index (Phi) is 6.16. The van der Waals surface area contributed by atoms with E-state index in [-0.39, 0.29) is 18.1 Å². The predicted octanol–water partition coefficient (Wildman–Crippen LogP) is 4.60. The zero-order chi connectivity index (χ0) is 20.1. The van der Waals surface area contributed by atoms with Crippen LogP contribution in [0.1, 0.15) is 29.3 Å². The number of ketones is 1. The van der Waals surface area contributed by atoms with Crippen molar-refractivity contribution in [1.82, 2.24) is 9.97 Å². The van der Waals surface area contributed by atoms with E-state index in [0.717, 1.165) is 11.1 Å². The summed E-state index contributed by atoms with van der Waals surface area (Å²) < 4.78 is 0. The van der Waals surface area contributed by atoms with Crippen LogP contribution in [0, 0.1) is 0 Å². The van der Waals surface area contributed by atoms with E-state index in [4.69, 9.17) is 11.6 Å². The van der Waals surface area contributed by atoms with Crippen LogP contribution in [0.5, 0.6) is 0 Å². The van der Waals surface area contributed by atoms with Gasteiger partial charge in [0.15, 0.2) is 5.78 Å². The first-order valence-corrected chi connectivity index (χ1v) is 9.32. The number of rotatable bonds is 6. The fourth-order valence-electron chi connectivity index (χ4n) is 2.83. The van der Waals surface area contributed by atoms with Crippen molar-refractivity contribution in [2.75, 3.05) is 11.9 Å². The molecule has 0 atom stereocenters. The average molecular weight is 394 g/mol. The van der Waals surface area contributed by atoms with E-state index in [0.29, 0.717) is 28.4 Å². The number of Topliss-reactive ketones (excluding diaryl/α,β-unsaturated/α-hetero) is 1. The molecule has 28 heavy (non-hydrogen) atoms. The number of carbonyl (C=O) groups is 2. The van der Waals surface area contributed by atoms with Gasteiger partial charge >= 0.3 is 0 Å². The largest absolute Gasteiger partial charge is 0.314 e. The predicted molar refractivity (Wildman–Crippen MR) is 111 cm³/mol. The van der Waals surface area contributed by atoms with Crippen molar-refractivity contribution in [3.8, 4) is 11.3 Å². The number of amides is 1. The van der Waals surface area contributed by atoms with Crippen molar-refractivity contribution in [2.45, 2.75) is 19.8 Å². The summed E-state index contributed by atoms with van der Waals surface area (Å²) >= 11 is 6.37. The topological polar surface area (TPSA) is 63.2 Å². The smallest absolute Gasteiger partial charge is 0.226 e. The Hall–Kier alpha value is -3.05. The number of benzene rings is 1. The summed E-state index contributed by atoms with van der Waals surface area (Å²) in [6.45, 7) is 1.81. The molecule has 3 aromatic rings. The summed E-state index contributed by atoms with van der Waals surface area (Å²) in [4.78, 5) is 34.2. The Balaban J connectivity index is 1.77. The average Bonchev–Trinajstić information content (AvgIpc) is 2.73. The van der Waals surface area contributed by atoms with Gasteiger partial charge in [-0.2, -0.15) is 0 Å². The molecule has 142 valence electrons. The molecular weight excluding hydrogens is 374 g/mol. The number of carbonyl (C=O) groups excluding carboxylic acids is 2. The van der Waals surface area contributed by atoms with E-state index >= 15 is 0 Å². The van der Waals surface area contributed by atoms with Gasteiger partial charge in [0.1, 0.15) is 0 Å². The van der Waals surface area contributed by atoms with Crippen LogP contribution >= 0.6 is 11.6 Å². The maximum absolute atomic E-state index is 12.4. The minimum Gasteiger partial charge on any atom is -0.314 e. The van der Waals surface area contributed by atoms with Gasteiger partial charge in [0.2, 0.25) is 5.91 Å². The Morgan fingerprint density at radius 1 is 1.11 bits per heavy atom. The number of anilines is 1. The molecule has 2 heterocycles. The highest BCUT2D eigenvalue weighted by atomic mass is 35.5. The highest BCUT2D eigenvalue weighted by Gasteiger charge is 2.14. The molecule has 0 fully saturated rings. The number of hydrogen-bond acceptors (Lipinski definition) is 4. The quantitative estimate of drug-likeness (QED) is 0.574. The van der Waals surface area contributed by atoms with Gasteiger partial charge in [-0.3, -0.25) is 19.6 Å². The van der Waals surface area contributed by atoms with Gasteiger partial charge in [-0.05, 0) is 35.9 Å². The summed E-state index contributed by atoms with van der Waals surface area (Å²) in [5, 5.41) is 0.473. The first-order chi connectivity index (χ1) is 13.5. The van der Waals surface area contributed by atoms with Crippen LogP contribution in [0.25, 0.3) is 11.3 Å². The van der Waals surface area contributed by atoms with Crippen molar-refractivity contribution < 1.29 is 9.59 Å². The molecule has 0 spiro atoms. The Morgan fingerprint density at radius 2 is 1.93 bits per heavy atom. The third-order valence-electron chi connectivity index (χ3n) is 4.45. The minimum atomic E-state index is -0.0138. The lowest BCUT2D eigenvalue weighted by Crippen LogP contribution is -2.25. The lowest BCUT2D eigenvalue weighted by molar-refractivity contribution is -0.118. The maximum atomic E-state index is 12.4. The van der Waals surface area contributed by atoms with E-state index in [1.807, 2.05) is 25.1 Å². The van der Waals surface area contributed by atoms with Crippen LogP contribution in [-0.4, -0.2) is 28.7 Å². The third-order valence-corrected chi connectivity index (χ3v) is 4.76. The van der Waals surface area contributed by atoms with Gasteiger partial charge in [-0.15, -0.1) is 0 Å². The van der Waals surface area contributed by atoms with Gasteiger partial charge in [0.05, 0.1) is 16.4 Å². The number of aromatic nitrogens is 2. The highest BCUT2D eigenvalue weighted by molar-refractivity contribution is 6.34. The zero-order valence-corrected chi connectivity index (χ0v) is 16.5. The third kappa shape index (κ3) is 4.43. The first kappa shape index (κ1) is 19.7. The first-order valence-electron chi connectivity index (χ1n) is 8.94. The lowest BCUT2D eigenvalue weighted by Gasteiger charge is -2.18. The van der Waals surface area contributed by atoms with Crippen LogP contribution in [0.4, 0.5) is 5.69 Å². The van der Waals surface area contributed by atoms with Crippen molar-refractivity contribution in [1.29, 1.82) is 0 Å². The van der Waals surface area contributed by atoms with Crippen molar-refractivity contribution >= 4 is 29.0 Å². The fraction of sp³-hybridized carbons (Fsp3) is 0.182. The van der Waals surface area contributed by atoms with Gasteiger partial charge in [-0.1, -0.05) is 30.7 Å². The van der Waals surface area contributed by atoms with Crippen LogP contribution in [-0.2, 0) is 11.2 Å². The van der Waals surface area contributed by atoms with Crippen molar-refractivity contribution in [3.63, 3.8) is 0 Å². The van der Waals surface area contributed by atoms with E-state index in [9.17, 15) is 9.59 Å². The lowest BCUT2D eigenvalue weighted by atomic mass is 10.0. The molecule has 2 aromatic heterocycles. The molecule has 0 N–H and O–H groups in total. The van der Waals surface area contributed by atoms with E-state index in [1.54, 1.807) is 54.8 Å². The van der Waals surface area contributed by atoms with Gasteiger partial charge < -0.3 is 4.90 Å². The SMILES string of the molecule is CCC(=O)N(C)c1ccc(-c2ccc(C(=O)Cc3cccnc3)cn2)cc1Cl. The second-order valence-corrected chi connectivity index (χ2v) is 6.77. The molecule has 6 heteroatoms. The summed E-state index contributed by atoms with van der Waals surface area (Å²) in [6, 6.07) is 12.7. The van der Waals surface area contributed by atoms with Gasteiger partial charge in [0, 0.05) is 49.6 Å². The van der Waals surface area contributed by atoms with Crippen LogP contribution in [0.2, 0.25) is 5.02 Å².